The van der Waals surface area contributed by atoms with Gasteiger partial charge in [-0.3, -0.25) is 10.1 Å². The zero-order valence-electron chi connectivity index (χ0n) is 14.0. The van der Waals surface area contributed by atoms with Crippen LogP contribution in [0.5, 0.6) is 5.75 Å². The molecule has 1 amide bonds. The quantitative estimate of drug-likeness (QED) is 0.790. The average Bonchev–Trinajstić information content (AvgIpc) is 3.03. The molecule has 1 heterocycles. The number of methoxy groups -OCH3 is 1. The summed E-state index contributed by atoms with van der Waals surface area (Å²) in [6, 6.07) is 5.51. The fraction of sp³-hybridized carbons (Fsp3) is 0.438. The van der Waals surface area contributed by atoms with Crippen LogP contribution in [0.25, 0.3) is 0 Å². The number of anilines is 1. The van der Waals surface area contributed by atoms with Gasteiger partial charge in [-0.25, -0.2) is 0 Å². The molecular weight excluding hydrogens is 330 g/mol. The van der Waals surface area contributed by atoms with Gasteiger partial charge in [-0.05, 0) is 30.9 Å². The number of benzene rings is 1. The van der Waals surface area contributed by atoms with Crippen LogP contribution < -0.4 is 10.1 Å². The second-order valence-electron chi connectivity index (χ2n) is 5.67. The predicted octanol–water partition coefficient (Wildman–Crippen LogP) is 4.21. The number of rotatable bonds is 6. The van der Waals surface area contributed by atoms with Crippen LogP contribution in [0.3, 0.4) is 0 Å². The topological polar surface area (TPSA) is 64.1 Å². The summed E-state index contributed by atoms with van der Waals surface area (Å²) in [6.07, 6.45) is 2.94. The lowest BCUT2D eigenvalue weighted by Gasteiger charge is -2.17. The van der Waals surface area contributed by atoms with Crippen LogP contribution in [-0.2, 0) is 5.41 Å². The molecule has 0 unspecified atom stereocenters. The number of carbonyl (C=O) groups excluding carboxylic acids is 1. The molecule has 5 nitrogen and oxygen atoms in total. The Morgan fingerprint density at radius 1 is 1.39 bits per heavy atom. The minimum Gasteiger partial charge on any atom is -0.496 e. The highest BCUT2D eigenvalue weighted by molar-refractivity contribution is 7.98. The second-order valence-corrected chi connectivity index (χ2v) is 7.53. The highest BCUT2D eigenvalue weighted by atomic mass is 32.2. The largest absolute Gasteiger partial charge is 0.496 e. The number of hydrogen-bond donors (Lipinski definition) is 1. The Morgan fingerprint density at radius 2 is 2.13 bits per heavy atom. The van der Waals surface area contributed by atoms with E-state index in [4.69, 9.17) is 4.74 Å². The van der Waals surface area contributed by atoms with E-state index in [0.717, 1.165) is 16.3 Å². The van der Waals surface area contributed by atoms with Crippen molar-refractivity contribution in [2.24, 2.45) is 0 Å². The Bertz CT molecular complexity index is 698. The van der Waals surface area contributed by atoms with Gasteiger partial charge in [0.2, 0.25) is 5.13 Å². The van der Waals surface area contributed by atoms with E-state index in [9.17, 15) is 4.79 Å². The predicted molar refractivity (Wildman–Crippen MR) is 96.0 cm³/mol. The molecule has 0 radical (unpaired) electrons. The van der Waals surface area contributed by atoms with E-state index in [1.807, 2.05) is 18.4 Å². The molecule has 2 rings (SSSR count). The number of amides is 1. The number of nitrogens with one attached hydrogen (secondary N) is 1. The molecule has 0 bridgehead atoms. The molecule has 2 aromatic rings. The molecule has 0 aliphatic heterocycles. The van der Waals surface area contributed by atoms with Gasteiger partial charge in [0.25, 0.3) is 5.91 Å². The monoisotopic (exact) mass is 351 g/mol. The molecule has 0 spiro atoms. The van der Waals surface area contributed by atoms with Crippen molar-refractivity contribution in [2.45, 2.75) is 37.5 Å². The first-order valence-electron chi connectivity index (χ1n) is 7.28. The van der Waals surface area contributed by atoms with Gasteiger partial charge >= 0.3 is 0 Å². The zero-order chi connectivity index (χ0) is 17.0. The highest BCUT2D eigenvalue weighted by Gasteiger charge is 2.24. The van der Waals surface area contributed by atoms with E-state index in [-0.39, 0.29) is 11.3 Å². The average molecular weight is 351 g/mol. The molecule has 0 fully saturated rings. The number of aromatic nitrogens is 2. The molecule has 0 aliphatic rings. The lowest BCUT2D eigenvalue weighted by Crippen LogP contribution is -2.14. The lowest BCUT2D eigenvalue weighted by atomic mass is 9.91. The Hall–Kier alpha value is -1.60. The maximum absolute atomic E-state index is 12.5. The van der Waals surface area contributed by atoms with Gasteiger partial charge in [-0.2, -0.15) is 0 Å². The van der Waals surface area contributed by atoms with Crippen LogP contribution in [-0.4, -0.2) is 29.5 Å². The van der Waals surface area contributed by atoms with Crippen LogP contribution in [0.15, 0.2) is 23.1 Å². The van der Waals surface area contributed by atoms with Crippen molar-refractivity contribution < 1.29 is 9.53 Å². The summed E-state index contributed by atoms with van der Waals surface area (Å²) in [7, 11) is 1.56. The standard InChI is InChI=1S/C16H21N3O2S2/c1-6-16(2,3)14-18-19-15(23-14)17-13(20)11-8-7-10(22-5)9-12(11)21-4/h7-9H,6H2,1-5H3,(H,17,19,20). The minimum absolute atomic E-state index is 0.0433. The second kappa shape index (κ2) is 7.31. The van der Waals surface area contributed by atoms with Crippen molar-refractivity contribution in [3.63, 3.8) is 0 Å². The number of carbonyl (C=O) groups is 1. The number of nitrogens with zero attached hydrogens (tertiary/aromatic N) is 2. The normalized spacial score (nSPS) is 11.3. The summed E-state index contributed by atoms with van der Waals surface area (Å²) in [4.78, 5) is 13.5. The third kappa shape index (κ3) is 4.03. The fourth-order valence-corrected chi connectivity index (χ4v) is 3.19. The van der Waals surface area contributed by atoms with Gasteiger partial charge in [0.05, 0.1) is 12.7 Å². The van der Waals surface area contributed by atoms with Crippen molar-refractivity contribution in [1.29, 1.82) is 0 Å². The van der Waals surface area contributed by atoms with Crippen LogP contribution in [0.1, 0.15) is 42.6 Å². The van der Waals surface area contributed by atoms with E-state index in [0.29, 0.717) is 16.4 Å². The Kier molecular flexibility index (Phi) is 5.64. The molecule has 0 saturated heterocycles. The van der Waals surface area contributed by atoms with E-state index >= 15 is 0 Å². The molecule has 1 aromatic carbocycles. The summed E-state index contributed by atoms with van der Waals surface area (Å²) in [5.41, 5.74) is 0.440. The van der Waals surface area contributed by atoms with Gasteiger partial charge in [0.15, 0.2) is 0 Å². The number of ether oxygens (including phenoxy) is 1. The summed E-state index contributed by atoms with van der Waals surface area (Å²) in [6.45, 7) is 6.34. The van der Waals surface area contributed by atoms with E-state index in [1.54, 1.807) is 24.9 Å². The minimum atomic E-state index is -0.244. The first-order chi connectivity index (χ1) is 10.9. The van der Waals surface area contributed by atoms with E-state index in [2.05, 4.69) is 36.3 Å². The smallest absolute Gasteiger partial charge is 0.261 e. The molecule has 0 saturated carbocycles. The van der Waals surface area contributed by atoms with Crippen LogP contribution >= 0.6 is 23.1 Å². The molecule has 7 heteroatoms. The molecule has 0 aliphatic carbocycles. The van der Waals surface area contributed by atoms with Gasteiger partial charge in [0.1, 0.15) is 10.8 Å². The summed E-state index contributed by atoms with van der Waals surface area (Å²) >= 11 is 3.01. The summed E-state index contributed by atoms with van der Waals surface area (Å²) in [5.74, 6) is 0.305. The first-order valence-corrected chi connectivity index (χ1v) is 9.32. The van der Waals surface area contributed by atoms with Crippen molar-refractivity contribution in [2.75, 3.05) is 18.7 Å². The van der Waals surface area contributed by atoms with Crippen LogP contribution in [0.2, 0.25) is 0 Å². The lowest BCUT2D eigenvalue weighted by molar-refractivity contribution is 0.102. The molecule has 1 N–H and O–H groups in total. The van der Waals surface area contributed by atoms with Gasteiger partial charge in [-0.15, -0.1) is 22.0 Å². The van der Waals surface area contributed by atoms with Crippen LogP contribution in [0.4, 0.5) is 5.13 Å². The number of hydrogen-bond acceptors (Lipinski definition) is 6. The molecule has 1 aromatic heterocycles. The molecule has 124 valence electrons. The summed E-state index contributed by atoms with van der Waals surface area (Å²) in [5, 5.41) is 12.5. The third-order valence-corrected chi connectivity index (χ3v) is 5.69. The zero-order valence-corrected chi connectivity index (χ0v) is 15.6. The first kappa shape index (κ1) is 17.7. The van der Waals surface area contributed by atoms with Gasteiger partial charge < -0.3 is 4.74 Å². The van der Waals surface area contributed by atoms with Gasteiger partial charge in [0, 0.05) is 10.3 Å². The maximum Gasteiger partial charge on any atom is 0.261 e. The Balaban J connectivity index is 2.20. The molecule has 23 heavy (non-hydrogen) atoms. The molecular formula is C16H21N3O2S2. The third-order valence-electron chi connectivity index (χ3n) is 3.76. The van der Waals surface area contributed by atoms with Crippen molar-refractivity contribution in [3.05, 3.63) is 28.8 Å². The van der Waals surface area contributed by atoms with Crippen LogP contribution in [0, 0.1) is 0 Å². The maximum atomic E-state index is 12.5. The van der Waals surface area contributed by atoms with Crippen molar-refractivity contribution >= 4 is 34.1 Å². The fourth-order valence-electron chi connectivity index (χ4n) is 1.85. The van der Waals surface area contributed by atoms with Crippen molar-refractivity contribution in [3.8, 4) is 5.75 Å². The summed E-state index contributed by atoms with van der Waals surface area (Å²) < 4.78 is 5.32. The Labute approximate surface area is 144 Å². The van der Waals surface area contributed by atoms with Gasteiger partial charge in [-0.1, -0.05) is 32.1 Å². The number of thioether (sulfide) groups is 1. The molecule has 0 atom stereocenters. The highest BCUT2D eigenvalue weighted by Crippen LogP contribution is 2.32. The van der Waals surface area contributed by atoms with E-state index in [1.165, 1.54) is 11.3 Å². The van der Waals surface area contributed by atoms with Crippen molar-refractivity contribution in [1.82, 2.24) is 10.2 Å². The van der Waals surface area contributed by atoms with E-state index < -0.39 is 0 Å². The SMILES string of the molecule is CCC(C)(C)c1nnc(NC(=O)c2ccc(SC)cc2OC)s1. The Morgan fingerprint density at radius 3 is 2.74 bits per heavy atom.